The Morgan fingerprint density at radius 2 is 2.27 bits per heavy atom. The molecule has 0 radical (unpaired) electrons. The number of methoxy groups -OCH3 is 1. The van der Waals surface area contributed by atoms with Crippen LogP contribution in [0.2, 0.25) is 0 Å². The van der Waals surface area contributed by atoms with Crippen LogP contribution in [0.3, 0.4) is 0 Å². The fraction of sp³-hybridized carbons (Fsp3) is 0.417. The third-order valence-corrected chi connectivity index (χ3v) is 2.42. The molecule has 3 heteroatoms. The summed E-state index contributed by atoms with van der Waals surface area (Å²) in [5.74, 6) is 0.330. The van der Waals surface area contributed by atoms with Crippen molar-refractivity contribution in [1.82, 2.24) is 0 Å². The normalized spacial score (nSPS) is 14.0. The average molecular weight is 205 g/mol. The first-order valence-corrected chi connectivity index (χ1v) is 4.94. The SMILES string of the molecule is CCC(C#N)C(O)c1cccc(OC)c1. The molecule has 80 valence electrons. The topological polar surface area (TPSA) is 53.2 Å². The molecule has 0 bridgehead atoms. The Morgan fingerprint density at radius 3 is 2.80 bits per heavy atom. The fourth-order valence-electron chi connectivity index (χ4n) is 1.44. The van der Waals surface area contributed by atoms with Gasteiger partial charge >= 0.3 is 0 Å². The van der Waals surface area contributed by atoms with Gasteiger partial charge in [-0.1, -0.05) is 19.1 Å². The smallest absolute Gasteiger partial charge is 0.119 e. The molecule has 0 fully saturated rings. The van der Waals surface area contributed by atoms with Crippen LogP contribution in [0.15, 0.2) is 24.3 Å². The van der Waals surface area contributed by atoms with Crippen LogP contribution in [0, 0.1) is 17.2 Å². The van der Waals surface area contributed by atoms with Crippen molar-refractivity contribution >= 4 is 0 Å². The first-order chi connectivity index (χ1) is 7.22. The molecule has 2 unspecified atom stereocenters. The van der Waals surface area contributed by atoms with E-state index in [1.165, 1.54) is 0 Å². The quantitative estimate of drug-likeness (QED) is 0.820. The van der Waals surface area contributed by atoms with Gasteiger partial charge in [0.1, 0.15) is 5.75 Å². The molecule has 0 aliphatic carbocycles. The highest BCUT2D eigenvalue weighted by Gasteiger charge is 2.18. The maximum Gasteiger partial charge on any atom is 0.119 e. The second-order valence-electron chi connectivity index (χ2n) is 3.37. The number of rotatable bonds is 4. The van der Waals surface area contributed by atoms with Crippen molar-refractivity contribution < 1.29 is 9.84 Å². The summed E-state index contributed by atoms with van der Waals surface area (Å²) in [6, 6.07) is 9.27. The van der Waals surface area contributed by atoms with Crippen LogP contribution in [0.5, 0.6) is 5.75 Å². The van der Waals surface area contributed by atoms with Crippen molar-refractivity contribution in [1.29, 1.82) is 5.26 Å². The predicted octanol–water partition coefficient (Wildman–Crippen LogP) is 2.28. The van der Waals surface area contributed by atoms with Gasteiger partial charge in [0, 0.05) is 0 Å². The molecule has 0 spiro atoms. The van der Waals surface area contributed by atoms with Crippen molar-refractivity contribution in [3.63, 3.8) is 0 Å². The summed E-state index contributed by atoms with van der Waals surface area (Å²) in [4.78, 5) is 0. The number of aliphatic hydroxyl groups is 1. The van der Waals surface area contributed by atoms with E-state index in [2.05, 4.69) is 6.07 Å². The molecule has 1 rings (SSSR count). The van der Waals surface area contributed by atoms with Gasteiger partial charge in [-0.05, 0) is 24.1 Å². The van der Waals surface area contributed by atoms with Crippen LogP contribution in [-0.2, 0) is 0 Å². The Kier molecular flexibility index (Phi) is 4.14. The predicted molar refractivity (Wildman–Crippen MR) is 57.3 cm³/mol. The average Bonchev–Trinajstić information content (AvgIpc) is 2.30. The van der Waals surface area contributed by atoms with Crippen molar-refractivity contribution in [3.8, 4) is 11.8 Å². The lowest BCUT2D eigenvalue weighted by molar-refractivity contribution is 0.132. The molecule has 3 nitrogen and oxygen atoms in total. The molecule has 1 N–H and O–H groups in total. The summed E-state index contributed by atoms with van der Waals surface area (Å²) in [6.07, 6.45) is -0.107. The summed E-state index contributed by atoms with van der Waals surface area (Å²) in [5.41, 5.74) is 0.725. The van der Waals surface area contributed by atoms with E-state index < -0.39 is 6.10 Å². The summed E-state index contributed by atoms with van der Waals surface area (Å²) >= 11 is 0. The molecular formula is C12H15NO2. The van der Waals surface area contributed by atoms with E-state index >= 15 is 0 Å². The lowest BCUT2D eigenvalue weighted by atomic mass is 9.95. The number of hydrogen-bond acceptors (Lipinski definition) is 3. The van der Waals surface area contributed by atoms with Gasteiger partial charge < -0.3 is 9.84 Å². The van der Waals surface area contributed by atoms with Gasteiger partial charge in [0.15, 0.2) is 0 Å². The van der Waals surface area contributed by atoms with E-state index in [9.17, 15) is 5.11 Å². The van der Waals surface area contributed by atoms with Crippen LogP contribution in [-0.4, -0.2) is 12.2 Å². The summed E-state index contributed by atoms with van der Waals surface area (Å²) < 4.78 is 5.06. The highest BCUT2D eigenvalue weighted by atomic mass is 16.5. The number of ether oxygens (including phenoxy) is 1. The van der Waals surface area contributed by atoms with Crippen LogP contribution < -0.4 is 4.74 Å². The zero-order valence-corrected chi connectivity index (χ0v) is 8.97. The lowest BCUT2D eigenvalue weighted by Gasteiger charge is -2.15. The molecule has 0 amide bonds. The number of benzene rings is 1. The summed E-state index contributed by atoms with van der Waals surface area (Å²) in [7, 11) is 1.58. The molecule has 2 atom stereocenters. The van der Waals surface area contributed by atoms with Gasteiger partial charge in [-0.3, -0.25) is 0 Å². The maximum atomic E-state index is 9.92. The highest BCUT2D eigenvalue weighted by Crippen LogP contribution is 2.26. The second-order valence-corrected chi connectivity index (χ2v) is 3.37. The molecule has 0 aliphatic heterocycles. The minimum atomic E-state index is -0.741. The van der Waals surface area contributed by atoms with E-state index in [1.807, 2.05) is 19.1 Å². The van der Waals surface area contributed by atoms with Crippen molar-refractivity contribution in [2.24, 2.45) is 5.92 Å². The Bertz CT molecular complexity index is 357. The maximum absolute atomic E-state index is 9.92. The van der Waals surface area contributed by atoms with Gasteiger partial charge in [0.25, 0.3) is 0 Å². The first-order valence-electron chi connectivity index (χ1n) is 4.94. The molecule has 0 heterocycles. The van der Waals surface area contributed by atoms with Crippen LogP contribution in [0.25, 0.3) is 0 Å². The lowest BCUT2D eigenvalue weighted by Crippen LogP contribution is -2.09. The van der Waals surface area contributed by atoms with Crippen molar-refractivity contribution in [2.45, 2.75) is 19.4 Å². The van der Waals surface area contributed by atoms with E-state index in [0.29, 0.717) is 12.2 Å². The minimum Gasteiger partial charge on any atom is -0.497 e. The second kappa shape index (κ2) is 5.38. The van der Waals surface area contributed by atoms with Gasteiger partial charge in [-0.25, -0.2) is 0 Å². The van der Waals surface area contributed by atoms with E-state index in [-0.39, 0.29) is 5.92 Å². The minimum absolute atomic E-state index is 0.364. The third-order valence-electron chi connectivity index (χ3n) is 2.42. The third kappa shape index (κ3) is 2.71. The monoisotopic (exact) mass is 205 g/mol. The first kappa shape index (κ1) is 11.5. The summed E-state index contributed by atoms with van der Waals surface area (Å²) in [5, 5.41) is 18.8. The zero-order chi connectivity index (χ0) is 11.3. The molecule has 0 aromatic heterocycles. The van der Waals surface area contributed by atoms with Gasteiger partial charge in [0.05, 0.1) is 25.2 Å². The molecule has 0 saturated heterocycles. The molecule has 0 saturated carbocycles. The molecule has 1 aromatic carbocycles. The molecular weight excluding hydrogens is 190 g/mol. The van der Waals surface area contributed by atoms with E-state index in [4.69, 9.17) is 10.00 Å². The van der Waals surface area contributed by atoms with Gasteiger partial charge in [0.2, 0.25) is 0 Å². The molecule has 1 aromatic rings. The largest absolute Gasteiger partial charge is 0.497 e. The van der Waals surface area contributed by atoms with Crippen molar-refractivity contribution in [2.75, 3.05) is 7.11 Å². The van der Waals surface area contributed by atoms with Gasteiger partial charge in [-0.2, -0.15) is 5.26 Å². The van der Waals surface area contributed by atoms with Crippen molar-refractivity contribution in [3.05, 3.63) is 29.8 Å². The van der Waals surface area contributed by atoms with Crippen LogP contribution in [0.1, 0.15) is 25.0 Å². The van der Waals surface area contributed by atoms with Crippen LogP contribution in [0.4, 0.5) is 0 Å². The Labute approximate surface area is 89.9 Å². The Morgan fingerprint density at radius 1 is 1.53 bits per heavy atom. The fourth-order valence-corrected chi connectivity index (χ4v) is 1.44. The van der Waals surface area contributed by atoms with E-state index in [0.717, 1.165) is 5.56 Å². The van der Waals surface area contributed by atoms with Crippen LogP contribution >= 0.6 is 0 Å². The Balaban J connectivity index is 2.90. The summed E-state index contributed by atoms with van der Waals surface area (Å²) in [6.45, 7) is 1.89. The number of nitrogens with zero attached hydrogens (tertiary/aromatic N) is 1. The van der Waals surface area contributed by atoms with E-state index in [1.54, 1.807) is 19.2 Å². The molecule has 15 heavy (non-hydrogen) atoms. The number of aliphatic hydroxyl groups excluding tert-OH is 1. The number of nitriles is 1. The zero-order valence-electron chi connectivity index (χ0n) is 8.97. The molecule has 0 aliphatic rings. The van der Waals surface area contributed by atoms with Gasteiger partial charge in [-0.15, -0.1) is 0 Å². The highest BCUT2D eigenvalue weighted by molar-refractivity contribution is 5.30. The standard InChI is InChI=1S/C12H15NO2/c1-3-9(8-13)12(14)10-5-4-6-11(7-10)15-2/h4-7,9,12,14H,3H2,1-2H3. The number of hydrogen-bond donors (Lipinski definition) is 1. The Hall–Kier alpha value is -1.53.